The van der Waals surface area contributed by atoms with E-state index in [0.717, 1.165) is 0 Å². The van der Waals surface area contributed by atoms with Crippen molar-refractivity contribution in [2.75, 3.05) is 43.0 Å². The summed E-state index contributed by atoms with van der Waals surface area (Å²) in [6, 6.07) is 12.1. The van der Waals surface area contributed by atoms with Gasteiger partial charge in [0.25, 0.3) is 11.5 Å². The first-order valence-corrected chi connectivity index (χ1v) is 11.6. The fourth-order valence-electron chi connectivity index (χ4n) is 4.00. The summed E-state index contributed by atoms with van der Waals surface area (Å²) in [4.78, 5) is 36.5. The van der Waals surface area contributed by atoms with Gasteiger partial charge in [-0.1, -0.05) is 42.2 Å². The molecule has 2 fully saturated rings. The highest BCUT2D eigenvalue weighted by Crippen LogP contribution is 2.32. The third-order valence-corrected chi connectivity index (χ3v) is 7.27. The summed E-state index contributed by atoms with van der Waals surface area (Å²) in [5.41, 5.74) is 1.17. The number of benzene rings is 1. The number of likely N-dealkylation sites (N-methyl/N-ethyl adjacent to an activating group) is 1. The summed E-state index contributed by atoms with van der Waals surface area (Å²) < 4.78 is 16.2. The Labute approximate surface area is 199 Å². The van der Waals surface area contributed by atoms with Gasteiger partial charge in [-0.2, -0.15) is 0 Å². The quantitative estimate of drug-likeness (QED) is 0.421. The predicted molar refractivity (Wildman–Crippen MR) is 133 cm³/mol. The lowest BCUT2D eigenvalue weighted by Crippen LogP contribution is -2.47. The van der Waals surface area contributed by atoms with Crippen LogP contribution in [0.2, 0.25) is 0 Å². The Kier molecular flexibility index (Phi) is 5.63. The third kappa shape index (κ3) is 3.89. The largest absolute Gasteiger partial charge is 0.366 e. The highest BCUT2D eigenvalue weighted by atomic mass is 32.2. The zero-order valence-corrected chi connectivity index (χ0v) is 19.4. The van der Waals surface area contributed by atoms with Crippen molar-refractivity contribution in [2.45, 2.75) is 0 Å². The van der Waals surface area contributed by atoms with Crippen LogP contribution in [0, 0.1) is 5.82 Å². The van der Waals surface area contributed by atoms with E-state index in [1.165, 1.54) is 27.1 Å². The van der Waals surface area contributed by atoms with Gasteiger partial charge in [-0.25, -0.2) is 9.37 Å². The van der Waals surface area contributed by atoms with E-state index in [0.29, 0.717) is 58.1 Å². The van der Waals surface area contributed by atoms with Crippen LogP contribution in [0.15, 0.2) is 58.4 Å². The molecule has 168 valence electrons. The fourth-order valence-corrected chi connectivity index (χ4v) is 5.16. The molecule has 0 saturated carbocycles. The average Bonchev–Trinajstić information content (AvgIpc) is 3.07. The van der Waals surface area contributed by atoms with Crippen LogP contribution in [-0.2, 0) is 4.79 Å². The number of hydrogen-bond acceptors (Lipinski definition) is 7. The Bertz CT molecular complexity index is 1360. The SMILES string of the molecule is CN1C(=O)/C(=C\c2c(N3CCN(c4ccccc4F)CC3)nc3ccccn3c2=O)SC1=S. The van der Waals surface area contributed by atoms with E-state index in [2.05, 4.69) is 0 Å². The Morgan fingerprint density at radius 2 is 1.73 bits per heavy atom. The second-order valence-electron chi connectivity index (χ2n) is 7.75. The zero-order valence-electron chi connectivity index (χ0n) is 17.8. The number of para-hydroxylation sites is 1. The summed E-state index contributed by atoms with van der Waals surface area (Å²) in [5.74, 6) is 0.0222. The van der Waals surface area contributed by atoms with E-state index in [-0.39, 0.29) is 17.3 Å². The van der Waals surface area contributed by atoms with Gasteiger partial charge in [0.2, 0.25) is 0 Å². The van der Waals surface area contributed by atoms with Crippen molar-refractivity contribution in [3.63, 3.8) is 0 Å². The van der Waals surface area contributed by atoms with Gasteiger partial charge in [-0.15, -0.1) is 0 Å². The molecule has 0 radical (unpaired) electrons. The standard InChI is InChI=1S/C23H20FN5O2S2/c1-26-22(31)18(33-23(26)32)14-15-20(25-19-8-4-5-9-29(19)21(15)30)28-12-10-27(11-13-28)17-7-3-2-6-16(17)24/h2-9,14H,10-13H2,1H3/b18-14+. The van der Waals surface area contributed by atoms with Crippen LogP contribution in [0.3, 0.4) is 0 Å². The Morgan fingerprint density at radius 3 is 2.42 bits per heavy atom. The second kappa shape index (κ2) is 8.60. The van der Waals surface area contributed by atoms with Gasteiger partial charge in [0.1, 0.15) is 21.6 Å². The summed E-state index contributed by atoms with van der Waals surface area (Å²) in [6.07, 6.45) is 3.25. The van der Waals surface area contributed by atoms with Crippen LogP contribution in [0.5, 0.6) is 0 Å². The molecule has 2 aromatic heterocycles. The minimum atomic E-state index is -0.256. The molecule has 10 heteroatoms. The maximum atomic E-state index is 14.2. The number of thiocarbonyl (C=S) groups is 1. The Morgan fingerprint density at radius 1 is 1.03 bits per heavy atom. The summed E-state index contributed by atoms with van der Waals surface area (Å²) >= 11 is 6.40. The van der Waals surface area contributed by atoms with Crippen LogP contribution in [0.25, 0.3) is 11.7 Å². The number of piperazine rings is 1. The first-order chi connectivity index (χ1) is 15.9. The number of anilines is 2. The molecule has 5 rings (SSSR count). The van der Waals surface area contributed by atoms with E-state index < -0.39 is 0 Å². The Balaban J connectivity index is 1.54. The van der Waals surface area contributed by atoms with Gasteiger partial charge < -0.3 is 9.80 Å². The van der Waals surface area contributed by atoms with E-state index in [4.69, 9.17) is 17.2 Å². The van der Waals surface area contributed by atoms with Crippen molar-refractivity contribution in [2.24, 2.45) is 0 Å². The van der Waals surface area contributed by atoms with Crippen LogP contribution in [0.1, 0.15) is 5.56 Å². The number of amides is 1. The van der Waals surface area contributed by atoms with E-state index in [9.17, 15) is 14.0 Å². The molecule has 1 aromatic carbocycles. The van der Waals surface area contributed by atoms with Crippen molar-refractivity contribution in [3.8, 4) is 0 Å². The van der Waals surface area contributed by atoms with Gasteiger partial charge in [-0.3, -0.25) is 18.9 Å². The van der Waals surface area contributed by atoms with Gasteiger partial charge in [0.15, 0.2) is 0 Å². The number of halogens is 1. The van der Waals surface area contributed by atoms with Crippen molar-refractivity contribution in [1.82, 2.24) is 14.3 Å². The minimum absolute atomic E-state index is 0.238. The molecule has 0 aliphatic carbocycles. The lowest BCUT2D eigenvalue weighted by atomic mass is 10.2. The van der Waals surface area contributed by atoms with Crippen molar-refractivity contribution >= 4 is 57.4 Å². The molecule has 33 heavy (non-hydrogen) atoms. The molecule has 0 spiro atoms. The van der Waals surface area contributed by atoms with Crippen LogP contribution < -0.4 is 15.4 Å². The number of nitrogens with zero attached hydrogens (tertiary/aromatic N) is 5. The number of carbonyl (C=O) groups excluding carboxylic acids is 1. The molecule has 2 saturated heterocycles. The highest BCUT2D eigenvalue weighted by molar-refractivity contribution is 8.26. The normalized spacial score (nSPS) is 18.1. The number of fused-ring (bicyclic) bond motifs is 1. The lowest BCUT2D eigenvalue weighted by Gasteiger charge is -2.37. The number of carbonyl (C=O) groups is 1. The Hall–Kier alpha value is -3.24. The van der Waals surface area contributed by atoms with Gasteiger partial charge >= 0.3 is 0 Å². The van der Waals surface area contributed by atoms with E-state index >= 15 is 0 Å². The molecule has 2 aliphatic heterocycles. The molecule has 3 aromatic rings. The van der Waals surface area contributed by atoms with Crippen LogP contribution in [0.4, 0.5) is 15.9 Å². The monoisotopic (exact) mass is 481 g/mol. The van der Waals surface area contributed by atoms with Crippen molar-refractivity contribution in [3.05, 3.63) is 75.3 Å². The topological polar surface area (TPSA) is 61.2 Å². The second-order valence-corrected chi connectivity index (χ2v) is 9.43. The fraction of sp³-hybridized carbons (Fsp3) is 0.217. The molecule has 2 aliphatic rings. The maximum absolute atomic E-state index is 14.2. The highest BCUT2D eigenvalue weighted by Gasteiger charge is 2.30. The lowest BCUT2D eigenvalue weighted by molar-refractivity contribution is -0.121. The van der Waals surface area contributed by atoms with Gasteiger partial charge in [0.05, 0.1) is 16.2 Å². The number of aromatic nitrogens is 2. The minimum Gasteiger partial charge on any atom is -0.366 e. The van der Waals surface area contributed by atoms with Crippen LogP contribution >= 0.6 is 24.0 Å². The molecular weight excluding hydrogens is 461 g/mol. The summed E-state index contributed by atoms with van der Waals surface area (Å²) in [5, 5.41) is 0. The van der Waals surface area contributed by atoms with E-state index in [1.807, 2.05) is 21.9 Å². The van der Waals surface area contributed by atoms with Crippen LogP contribution in [-0.4, -0.2) is 57.7 Å². The molecule has 0 atom stereocenters. The van der Waals surface area contributed by atoms with Gasteiger partial charge in [0, 0.05) is 39.4 Å². The number of hydrogen-bond donors (Lipinski definition) is 0. The first kappa shape index (κ1) is 21.6. The summed E-state index contributed by atoms with van der Waals surface area (Å²) in [7, 11) is 1.62. The molecule has 4 heterocycles. The zero-order chi connectivity index (χ0) is 23.1. The van der Waals surface area contributed by atoms with Crippen molar-refractivity contribution in [1.29, 1.82) is 0 Å². The molecular formula is C23H20FN5O2S2. The predicted octanol–water partition coefficient (Wildman–Crippen LogP) is 2.99. The number of thioether (sulfide) groups is 1. The van der Waals surface area contributed by atoms with E-state index in [1.54, 1.807) is 43.6 Å². The maximum Gasteiger partial charge on any atom is 0.267 e. The summed E-state index contributed by atoms with van der Waals surface area (Å²) in [6.45, 7) is 2.26. The van der Waals surface area contributed by atoms with Crippen molar-refractivity contribution < 1.29 is 9.18 Å². The number of rotatable bonds is 3. The molecule has 0 N–H and O–H groups in total. The first-order valence-electron chi connectivity index (χ1n) is 10.4. The molecule has 1 amide bonds. The third-order valence-electron chi connectivity index (χ3n) is 5.78. The average molecular weight is 482 g/mol. The smallest absolute Gasteiger partial charge is 0.267 e. The molecule has 0 bridgehead atoms. The molecule has 0 unspecified atom stereocenters. The van der Waals surface area contributed by atoms with Gasteiger partial charge in [-0.05, 0) is 30.3 Å². The number of pyridine rings is 1. The molecule has 7 nitrogen and oxygen atoms in total.